The number of hydrogen-bond donors (Lipinski definition) is 3. The maximum Gasteiger partial charge on any atom is 0.247 e. The molecule has 0 bridgehead atoms. The van der Waals surface area contributed by atoms with Crippen LogP contribution in [0.15, 0.2) is 12.5 Å². The molecule has 1 aliphatic rings. The second-order valence-electron chi connectivity index (χ2n) is 5.34. The molecule has 0 saturated heterocycles. The lowest BCUT2D eigenvalue weighted by Gasteiger charge is -2.30. The normalized spacial score (nSPS) is 18.1. The molecule has 1 aliphatic heterocycles. The predicted molar refractivity (Wildman–Crippen MR) is 87.7 cm³/mol. The van der Waals surface area contributed by atoms with Crippen molar-refractivity contribution in [2.45, 2.75) is 33.2 Å². The minimum atomic E-state index is -0.276. The Balaban J connectivity index is 1.89. The number of carbonyl (C=O) groups excluding carboxylic acids is 1. The standard InChI is InChI=1S/C14H18N6OS/c1-4-7(2)9-13(21)19-10-11(18-9)16-6-17-12(10)20-14-15-5-8(3)22-14/h5-7,9H,4H2,1-3H3,(H,19,21)(H2,15,16,17,18,20). The van der Waals surface area contributed by atoms with Crippen molar-refractivity contribution in [1.82, 2.24) is 15.0 Å². The number of hydrogen-bond acceptors (Lipinski definition) is 7. The van der Waals surface area contributed by atoms with Crippen LogP contribution < -0.4 is 16.0 Å². The Morgan fingerprint density at radius 2 is 2.23 bits per heavy atom. The van der Waals surface area contributed by atoms with Crippen molar-refractivity contribution < 1.29 is 4.79 Å². The first-order chi connectivity index (χ1) is 10.6. The van der Waals surface area contributed by atoms with Crippen molar-refractivity contribution in [3.8, 4) is 0 Å². The molecule has 0 spiro atoms. The van der Waals surface area contributed by atoms with Crippen LogP contribution >= 0.6 is 11.3 Å². The lowest BCUT2D eigenvalue weighted by atomic mass is 9.97. The van der Waals surface area contributed by atoms with Gasteiger partial charge in [0.05, 0.1) is 0 Å². The summed E-state index contributed by atoms with van der Waals surface area (Å²) in [4.78, 5) is 26.1. The lowest BCUT2D eigenvalue weighted by Crippen LogP contribution is -2.43. The number of thiazole rings is 1. The maximum atomic E-state index is 12.3. The fourth-order valence-corrected chi connectivity index (χ4v) is 2.94. The van der Waals surface area contributed by atoms with Crippen molar-refractivity contribution in [1.29, 1.82) is 0 Å². The number of nitrogens with one attached hydrogen (secondary N) is 3. The van der Waals surface area contributed by atoms with Crippen molar-refractivity contribution in [3.05, 3.63) is 17.4 Å². The number of aromatic nitrogens is 3. The Bertz CT molecular complexity index is 700. The highest BCUT2D eigenvalue weighted by molar-refractivity contribution is 7.15. The molecule has 3 rings (SSSR count). The van der Waals surface area contributed by atoms with E-state index in [1.165, 1.54) is 17.7 Å². The van der Waals surface area contributed by atoms with Crippen LogP contribution in [-0.4, -0.2) is 26.9 Å². The zero-order valence-corrected chi connectivity index (χ0v) is 13.5. The fraction of sp³-hybridized carbons (Fsp3) is 0.429. The Hall–Kier alpha value is -2.22. The molecule has 2 aromatic heterocycles. The Kier molecular flexibility index (Phi) is 3.93. The second-order valence-corrected chi connectivity index (χ2v) is 6.58. The molecule has 0 fully saturated rings. The lowest BCUT2D eigenvalue weighted by molar-refractivity contribution is -0.118. The molecule has 2 atom stereocenters. The van der Waals surface area contributed by atoms with E-state index in [9.17, 15) is 4.79 Å². The van der Waals surface area contributed by atoms with E-state index in [1.54, 1.807) is 6.20 Å². The molecule has 1 amide bonds. The van der Waals surface area contributed by atoms with E-state index in [0.717, 1.165) is 16.4 Å². The average molecular weight is 318 g/mol. The summed E-state index contributed by atoms with van der Waals surface area (Å²) in [5.74, 6) is 1.34. The van der Waals surface area contributed by atoms with Gasteiger partial charge in [0.15, 0.2) is 16.8 Å². The number of rotatable bonds is 4. The third-order valence-electron chi connectivity index (χ3n) is 3.73. The number of fused-ring (bicyclic) bond motifs is 1. The number of aryl methyl sites for hydroxylation is 1. The molecule has 3 heterocycles. The van der Waals surface area contributed by atoms with E-state index in [-0.39, 0.29) is 17.9 Å². The number of anilines is 4. The minimum absolute atomic E-state index is 0.0602. The van der Waals surface area contributed by atoms with Crippen molar-refractivity contribution in [3.63, 3.8) is 0 Å². The zero-order chi connectivity index (χ0) is 15.7. The van der Waals surface area contributed by atoms with Gasteiger partial charge in [0.2, 0.25) is 5.91 Å². The zero-order valence-electron chi connectivity index (χ0n) is 12.7. The molecule has 0 radical (unpaired) electrons. The van der Waals surface area contributed by atoms with E-state index in [2.05, 4.69) is 37.8 Å². The number of amides is 1. The SMILES string of the molecule is CCC(C)C1Nc2ncnc(Nc3ncc(C)s3)c2NC1=O. The highest BCUT2D eigenvalue weighted by Gasteiger charge is 2.31. The van der Waals surface area contributed by atoms with Crippen LogP contribution in [0.1, 0.15) is 25.1 Å². The molecule has 8 heteroatoms. The molecule has 0 saturated carbocycles. The van der Waals surface area contributed by atoms with Crippen LogP contribution in [0, 0.1) is 12.8 Å². The van der Waals surface area contributed by atoms with Crippen molar-refractivity contribution in [2.75, 3.05) is 16.0 Å². The summed E-state index contributed by atoms with van der Waals surface area (Å²) in [6.07, 6.45) is 4.17. The van der Waals surface area contributed by atoms with Gasteiger partial charge in [0.25, 0.3) is 0 Å². The summed E-state index contributed by atoms with van der Waals surface area (Å²) < 4.78 is 0. The summed E-state index contributed by atoms with van der Waals surface area (Å²) in [7, 11) is 0. The summed E-state index contributed by atoms with van der Waals surface area (Å²) in [6.45, 7) is 6.09. The van der Waals surface area contributed by atoms with Crippen LogP contribution in [-0.2, 0) is 4.79 Å². The summed E-state index contributed by atoms with van der Waals surface area (Å²) in [5.41, 5.74) is 0.569. The summed E-state index contributed by atoms with van der Waals surface area (Å²) >= 11 is 1.53. The number of carbonyl (C=O) groups is 1. The van der Waals surface area contributed by atoms with E-state index in [1.807, 2.05) is 13.8 Å². The molecule has 22 heavy (non-hydrogen) atoms. The van der Waals surface area contributed by atoms with Gasteiger partial charge >= 0.3 is 0 Å². The van der Waals surface area contributed by atoms with Gasteiger partial charge in [-0.2, -0.15) is 0 Å². The molecule has 116 valence electrons. The molecule has 2 aromatic rings. The first-order valence-corrected chi connectivity index (χ1v) is 8.02. The second kappa shape index (κ2) is 5.88. The average Bonchev–Trinajstić information content (AvgIpc) is 2.92. The number of nitrogens with zero attached hydrogens (tertiary/aromatic N) is 3. The van der Waals surface area contributed by atoms with Crippen LogP contribution in [0.25, 0.3) is 0 Å². The Morgan fingerprint density at radius 1 is 1.41 bits per heavy atom. The minimum Gasteiger partial charge on any atom is -0.356 e. The molecular weight excluding hydrogens is 300 g/mol. The van der Waals surface area contributed by atoms with Gasteiger partial charge in [0.1, 0.15) is 18.1 Å². The molecule has 7 nitrogen and oxygen atoms in total. The highest BCUT2D eigenvalue weighted by atomic mass is 32.1. The summed E-state index contributed by atoms with van der Waals surface area (Å²) in [6, 6.07) is -0.276. The third kappa shape index (κ3) is 2.74. The van der Waals surface area contributed by atoms with Gasteiger partial charge in [-0.05, 0) is 12.8 Å². The van der Waals surface area contributed by atoms with E-state index in [4.69, 9.17) is 0 Å². The van der Waals surface area contributed by atoms with E-state index < -0.39 is 0 Å². The molecule has 3 N–H and O–H groups in total. The van der Waals surface area contributed by atoms with E-state index in [0.29, 0.717) is 17.3 Å². The van der Waals surface area contributed by atoms with Crippen molar-refractivity contribution >= 4 is 39.7 Å². The topological polar surface area (TPSA) is 91.8 Å². The quantitative estimate of drug-likeness (QED) is 0.803. The van der Waals surface area contributed by atoms with Crippen LogP contribution in [0.4, 0.5) is 22.5 Å². The van der Waals surface area contributed by atoms with E-state index >= 15 is 0 Å². The first-order valence-electron chi connectivity index (χ1n) is 7.20. The smallest absolute Gasteiger partial charge is 0.247 e. The van der Waals surface area contributed by atoms with Crippen molar-refractivity contribution in [2.24, 2.45) is 5.92 Å². The Labute approximate surface area is 132 Å². The summed E-state index contributed by atoms with van der Waals surface area (Å²) in [5, 5.41) is 9.98. The molecular formula is C14H18N6OS. The maximum absolute atomic E-state index is 12.3. The van der Waals surface area contributed by atoms with Gasteiger partial charge in [-0.1, -0.05) is 20.3 Å². The largest absolute Gasteiger partial charge is 0.356 e. The van der Waals surface area contributed by atoms with Crippen LogP contribution in [0.5, 0.6) is 0 Å². The van der Waals surface area contributed by atoms with Gasteiger partial charge in [-0.3, -0.25) is 4.79 Å². The van der Waals surface area contributed by atoms with Crippen LogP contribution in [0.3, 0.4) is 0 Å². The fourth-order valence-electron chi connectivity index (χ4n) is 2.27. The highest BCUT2D eigenvalue weighted by Crippen LogP contribution is 2.34. The van der Waals surface area contributed by atoms with Crippen LogP contribution in [0.2, 0.25) is 0 Å². The monoisotopic (exact) mass is 318 g/mol. The third-order valence-corrected chi connectivity index (χ3v) is 4.56. The van der Waals surface area contributed by atoms with Gasteiger partial charge in [0, 0.05) is 11.1 Å². The predicted octanol–water partition coefficient (Wildman–Crippen LogP) is 2.76. The van der Waals surface area contributed by atoms with Gasteiger partial charge in [-0.15, -0.1) is 11.3 Å². The molecule has 0 aliphatic carbocycles. The molecule has 2 unspecified atom stereocenters. The molecule has 0 aromatic carbocycles. The van der Waals surface area contributed by atoms with Gasteiger partial charge < -0.3 is 16.0 Å². The Morgan fingerprint density at radius 3 is 2.91 bits per heavy atom. The first kappa shape index (κ1) is 14.7. The van der Waals surface area contributed by atoms with Gasteiger partial charge in [-0.25, -0.2) is 15.0 Å².